The quantitative estimate of drug-likeness (QED) is 0.459. The van der Waals surface area contributed by atoms with E-state index in [1.807, 2.05) is 37.3 Å². The maximum atomic E-state index is 14.3. The molecule has 1 saturated carbocycles. The second-order valence-electron chi connectivity index (χ2n) is 11.6. The van der Waals surface area contributed by atoms with Gasteiger partial charge in [0.25, 0.3) is 0 Å². The summed E-state index contributed by atoms with van der Waals surface area (Å²) >= 11 is 1.70. The number of aliphatic hydroxyl groups is 1. The molecule has 1 aliphatic carbocycles. The molecule has 2 unspecified atom stereocenters. The van der Waals surface area contributed by atoms with Crippen LogP contribution in [0.3, 0.4) is 0 Å². The van der Waals surface area contributed by atoms with E-state index in [-0.39, 0.29) is 35.1 Å². The molecular formula is C29H41N3O4S. The molecule has 4 aliphatic rings. The average molecular weight is 528 g/mol. The van der Waals surface area contributed by atoms with Crippen molar-refractivity contribution in [3.05, 3.63) is 35.9 Å². The Morgan fingerprint density at radius 3 is 2.54 bits per heavy atom. The zero-order valence-electron chi connectivity index (χ0n) is 22.1. The minimum Gasteiger partial charge on any atom is -0.394 e. The van der Waals surface area contributed by atoms with Crippen molar-refractivity contribution in [1.29, 1.82) is 0 Å². The van der Waals surface area contributed by atoms with Crippen LogP contribution < -0.4 is 10.6 Å². The van der Waals surface area contributed by atoms with Crippen LogP contribution in [-0.2, 0) is 20.8 Å². The third kappa shape index (κ3) is 4.58. The van der Waals surface area contributed by atoms with Gasteiger partial charge in [-0.15, -0.1) is 11.8 Å². The molecule has 37 heavy (non-hydrogen) atoms. The number of aliphatic hydroxyl groups excluding tert-OH is 1. The second-order valence-corrected chi connectivity index (χ2v) is 13.5. The number of benzene rings is 1. The topological polar surface area (TPSA) is 98.7 Å². The first-order valence-corrected chi connectivity index (χ1v) is 14.9. The van der Waals surface area contributed by atoms with E-state index in [0.717, 1.165) is 50.5 Å². The maximum Gasteiger partial charge on any atom is 0.244 e. The summed E-state index contributed by atoms with van der Waals surface area (Å²) in [6.07, 6.45) is 8.14. The fraction of sp³-hybridized carbons (Fsp3) is 0.690. The van der Waals surface area contributed by atoms with Crippen LogP contribution in [0.5, 0.6) is 0 Å². The number of likely N-dealkylation sites (tertiary alicyclic amines) is 1. The first-order chi connectivity index (χ1) is 17.8. The van der Waals surface area contributed by atoms with E-state index in [2.05, 4.69) is 17.6 Å². The average Bonchev–Trinajstić information content (AvgIpc) is 3.47. The van der Waals surface area contributed by atoms with Crippen molar-refractivity contribution in [1.82, 2.24) is 15.5 Å². The summed E-state index contributed by atoms with van der Waals surface area (Å²) in [7, 11) is 0. The molecule has 5 rings (SSSR count). The van der Waals surface area contributed by atoms with Crippen LogP contribution in [0.15, 0.2) is 30.3 Å². The van der Waals surface area contributed by atoms with Gasteiger partial charge < -0.3 is 20.6 Å². The Bertz CT molecular complexity index is 1020. The maximum absolute atomic E-state index is 14.3. The molecule has 1 aromatic rings. The third-order valence-electron chi connectivity index (χ3n) is 9.16. The van der Waals surface area contributed by atoms with Gasteiger partial charge in [0.2, 0.25) is 17.7 Å². The van der Waals surface area contributed by atoms with Crippen LogP contribution >= 0.6 is 11.8 Å². The van der Waals surface area contributed by atoms with Gasteiger partial charge in [0.15, 0.2) is 0 Å². The van der Waals surface area contributed by atoms with Crippen molar-refractivity contribution in [2.45, 2.75) is 99.3 Å². The fourth-order valence-electron chi connectivity index (χ4n) is 7.48. The van der Waals surface area contributed by atoms with Gasteiger partial charge in [-0.25, -0.2) is 0 Å². The van der Waals surface area contributed by atoms with Crippen LogP contribution in [0.4, 0.5) is 0 Å². The van der Waals surface area contributed by atoms with Crippen LogP contribution in [0.25, 0.3) is 0 Å². The SMILES string of the molecule is CCCNC(=O)[C@@H]1[C@H]2C(=O)N([C@@H](CO)Cc3ccccc3)C(C(=O)NC3CCCCC3)C23CC[C@@]1(C)S3. The minimum atomic E-state index is -0.691. The van der Waals surface area contributed by atoms with Crippen molar-refractivity contribution in [2.24, 2.45) is 11.8 Å². The molecule has 3 N–H and O–H groups in total. The van der Waals surface area contributed by atoms with E-state index in [1.54, 1.807) is 16.7 Å². The van der Waals surface area contributed by atoms with Crippen molar-refractivity contribution in [3.63, 3.8) is 0 Å². The van der Waals surface area contributed by atoms with Gasteiger partial charge in [-0.2, -0.15) is 0 Å². The molecule has 6 atom stereocenters. The van der Waals surface area contributed by atoms with Crippen molar-refractivity contribution >= 4 is 29.5 Å². The molecule has 1 spiro atoms. The van der Waals surface area contributed by atoms with E-state index >= 15 is 0 Å². The molecule has 3 saturated heterocycles. The Morgan fingerprint density at radius 1 is 1.14 bits per heavy atom. The largest absolute Gasteiger partial charge is 0.394 e. The lowest BCUT2D eigenvalue weighted by Crippen LogP contribution is -2.58. The Balaban J connectivity index is 1.52. The molecular weight excluding hydrogens is 486 g/mol. The first-order valence-electron chi connectivity index (χ1n) is 14.1. The molecule has 1 aromatic carbocycles. The molecule has 0 aromatic heterocycles. The molecule has 7 nitrogen and oxygen atoms in total. The zero-order chi connectivity index (χ0) is 26.2. The molecule has 3 aliphatic heterocycles. The Hall–Kier alpha value is -2.06. The van der Waals surface area contributed by atoms with Crippen LogP contribution in [0, 0.1) is 11.8 Å². The Morgan fingerprint density at radius 2 is 1.86 bits per heavy atom. The van der Waals surface area contributed by atoms with Crippen LogP contribution in [0.1, 0.15) is 70.8 Å². The van der Waals surface area contributed by atoms with Crippen LogP contribution in [-0.4, -0.2) is 68.5 Å². The smallest absolute Gasteiger partial charge is 0.244 e. The molecule has 2 bridgehead atoms. The highest BCUT2D eigenvalue weighted by Gasteiger charge is 2.77. The molecule has 3 heterocycles. The lowest BCUT2D eigenvalue weighted by molar-refractivity contribution is -0.143. The first kappa shape index (κ1) is 26.5. The number of hydrogen-bond donors (Lipinski definition) is 3. The van der Waals surface area contributed by atoms with Gasteiger partial charge in [0, 0.05) is 17.3 Å². The van der Waals surface area contributed by atoms with Gasteiger partial charge in [-0.3, -0.25) is 14.4 Å². The van der Waals surface area contributed by atoms with E-state index in [0.29, 0.717) is 13.0 Å². The molecule has 4 fully saturated rings. The fourth-order valence-corrected chi connectivity index (χ4v) is 9.82. The minimum absolute atomic E-state index is 0.0753. The summed E-state index contributed by atoms with van der Waals surface area (Å²) in [5.74, 6) is -1.36. The number of carbonyl (C=O) groups excluding carboxylic acids is 3. The summed E-state index contributed by atoms with van der Waals surface area (Å²) in [6.45, 7) is 4.46. The molecule has 8 heteroatoms. The van der Waals surface area contributed by atoms with Crippen molar-refractivity contribution in [2.75, 3.05) is 13.2 Å². The highest BCUT2D eigenvalue weighted by molar-refractivity contribution is 8.02. The predicted molar refractivity (Wildman–Crippen MR) is 145 cm³/mol. The lowest BCUT2D eigenvalue weighted by Gasteiger charge is -2.38. The number of fused-ring (bicyclic) bond motifs is 1. The predicted octanol–water partition coefficient (Wildman–Crippen LogP) is 3.05. The molecule has 0 radical (unpaired) electrons. The number of rotatable bonds is 9. The van der Waals surface area contributed by atoms with E-state index in [1.165, 1.54) is 6.42 Å². The standard InChI is InChI=1S/C29H41N3O4S/c1-3-16-30-25(34)22-23-27(36)32(21(18-33)17-19-10-6-4-7-11-19)24(29(23)15-14-28(22,2)37-29)26(35)31-20-12-8-5-9-13-20/h4,6-7,10-11,20-24,33H,3,5,8-9,12-18H2,1-2H3,(H,30,34)(H,31,35)/t21-,22+,23+,24?,28-,29?/m1/s1. The number of nitrogens with zero attached hydrogens (tertiary/aromatic N) is 1. The Labute approximate surface area is 224 Å². The van der Waals surface area contributed by atoms with Crippen molar-refractivity contribution in [3.8, 4) is 0 Å². The number of hydrogen-bond acceptors (Lipinski definition) is 5. The van der Waals surface area contributed by atoms with Gasteiger partial charge in [-0.1, -0.05) is 56.5 Å². The zero-order valence-corrected chi connectivity index (χ0v) is 22.9. The van der Waals surface area contributed by atoms with Gasteiger partial charge in [-0.05, 0) is 51.0 Å². The normalized spacial score (nSPS) is 33.9. The summed E-state index contributed by atoms with van der Waals surface area (Å²) in [4.78, 5) is 43.6. The Kier molecular flexibility index (Phi) is 7.60. The summed E-state index contributed by atoms with van der Waals surface area (Å²) in [5.41, 5.74) is 1.01. The van der Waals surface area contributed by atoms with E-state index in [9.17, 15) is 19.5 Å². The lowest BCUT2D eigenvalue weighted by atomic mass is 9.66. The number of carbonyl (C=O) groups is 3. The number of nitrogens with one attached hydrogen (secondary N) is 2. The second kappa shape index (κ2) is 10.6. The highest BCUT2D eigenvalue weighted by atomic mass is 32.2. The summed E-state index contributed by atoms with van der Waals surface area (Å²) in [5, 5.41) is 16.9. The molecule has 3 amide bonds. The number of amides is 3. The van der Waals surface area contributed by atoms with E-state index in [4.69, 9.17) is 0 Å². The van der Waals surface area contributed by atoms with Gasteiger partial charge in [0.1, 0.15) is 6.04 Å². The van der Waals surface area contributed by atoms with Crippen LogP contribution in [0.2, 0.25) is 0 Å². The number of thioether (sulfide) groups is 1. The van der Waals surface area contributed by atoms with E-state index < -0.39 is 28.7 Å². The third-order valence-corrected chi connectivity index (χ3v) is 11.2. The van der Waals surface area contributed by atoms with Gasteiger partial charge in [0.05, 0.1) is 29.2 Å². The molecule has 202 valence electrons. The highest BCUT2D eigenvalue weighted by Crippen LogP contribution is 2.71. The monoisotopic (exact) mass is 527 g/mol. The van der Waals surface area contributed by atoms with Crippen molar-refractivity contribution < 1.29 is 19.5 Å². The summed E-state index contributed by atoms with van der Waals surface area (Å²) < 4.78 is -1.02. The summed E-state index contributed by atoms with van der Waals surface area (Å²) in [6, 6.07) is 8.72. The van der Waals surface area contributed by atoms with Gasteiger partial charge >= 0.3 is 0 Å².